The Morgan fingerprint density at radius 1 is 0.647 bits per heavy atom. The highest BCUT2D eigenvalue weighted by Gasteiger charge is 2.18. The summed E-state index contributed by atoms with van der Waals surface area (Å²) in [6.07, 6.45) is 5.37. The van der Waals surface area contributed by atoms with Gasteiger partial charge in [-0.05, 0) is 45.7 Å². The van der Waals surface area contributed by atoms with Gasteiger partial charge in [0.15, 0.2) is 6.10 Å². The van der Waals surface area contributed by atoms with Crippen LogP contribution < -0.4 is 0 Å². The Kier molecular flexibility index (Phi) is 7.65. The quantitative estimate of drug-likeness (QED) is 0.231. The maximum Gasteiger partial charge on any atom is 0.331 e. The van der Waals surface area contributed by atoms with Crippen molar-refractivity contribution in [1.82, 2.24) is 0 Å². The number of benzene rings is 4. The van der Waals surface area contributed by atoms with Crippen LogP contribution in [0.5, 0.6) is 0 Å². The first-order valence-electron chi connectivity index (χ1n) is 11.0. The van der Waals surface area contributed by atoms with E-state index in [1.54, 1.807) is 12.2 Å². The molecule has 168 valence electrons. The molecular formula is C30H24O4. The van der Waals surface area contributed by atoms with Gasteiger partial charge >= 0.3 is 11.9 Å². The van der Waals surface area contributed by atoms with Gasteiger partial charge in [0.25, 0.3) is 0 Å². The third kappa shape index (κ3) is 6.53. The second kappa shape index (κ2) is 11.4. The van der Waals surface area contributed by atoms with Gasteiger partial charge < -0.3 is 9.47 Å². The summed E-state index contributed by atoms with van der Waals surface area (Å²) in [4.78, 5) is 24.9. The van der Waals surface area contributed by atoms with Crippen LogP contribution >= 0.6 is 0 Å². The highest BCUT2D eigenvalue weighted by Crippen LogP contribution is 2.24. The minimum absolute atomic E-state index is 0.0960. The van der Waals surface area contributed by atoms with Crippen molar-refractivity contribution in [3.8, 4) is 0 Å². The average Bonchev–Trinajstić information content (AvgIpc) is 2.89. The van der Waals surface area contributed by atoms with E-state index in [2.05, 4.69) is 0 Å². The van der Waals surface area contributed by atoms with Gasteiger partial charge in [-0.3, -0.25) is 0 Å². The molecule has 0 aromatic heterocycles. The van der Waals surface area contributed by atoms with Crippen molar-refractivity contribution in [1.29, 1.82) is 0 Å². The molecule has 1 atom stereocenters. The predicted octanol–water partition coefficient (Wildman–Crippen LogP) is 6.39. The fourth-order valence-corrected chi connectivity index (χ4v) is 3.45. The Morgan fingerprint density at radius 3 is 1.85 bits per heavy atom. The highest BCUT2D eigenvalue weighted by atomic mass is 16.6. The van der Waals surface area contributed by atoms with E-state index in [-0.39, 0.29) is 6.61 Å². The molecule has 0 amide bonds. The molecule has 0 bridgehead atoms. The van der Waals surface area contributed by atoms with Crippen LogP contribution in [0.1, 0.15) is 22.8 Å². The van der Waals surface area contributed by atoms with Crippen molar-refractivity contribution < 1.29 is 19.1 Å². The lowest BCUT2D eigenvalue weighted by Gasteiger charge is -2.18. The summed E-state index contributed by atoms with van der Waals surface area (Å²) >= 11 is 0. The second-order valence-corrected chi connectivity index (χ2v) is 7.65. The molecule has 0 aliphatic heterocycles. The van der Waals surface area contributed by atoms with Gasteiger partial charge in [-0.1, -0.05) is 97.1 Å². The lowest BCUT2D eigenvalue weighted by atomic mass is 10.0. The third-order valence-corrected chi connectivity index (χ3v) is 5.20. The molecule has 4 nitrogen and oxygen atoms in total. The Labute approximate surface area is 198 Å². The summed E-state index contributed by atoms with van der Waals surface area (Å²) in [6.45, 7) is -0.0960. The van der Waals surface area contributed by atoms with Crippen molar-refractivity contribution in [2.45, 2.75) is 6.10 Å². The molecule has 0 heterocycles. The highest BCUT2D eigenvalue weighted by molar-refractivity contribution is 5.88. The fraction of sp³-hybridized carbons (Fsp3) is 0.0667. The monoisotopic (exact) mass is 448 g/mol. The van der Waals surface area contributed by atoms with Crippen LogP contribution in [0.4, 0.5) is 0 Å². The molecule has 4 heteroatoms. The molecule has 0 unspecified atom stereocenters. The molecule has 4 aromatic rings. The van der Waals surface area contributed by atoms with E-state index in [0.29, 0.717) is 0 Å². The standard InChI is InChI=1S/C30H24O4/c31-29(19-15-23-9-3-1-4-10-23)33-22-28(27-18-17-25-13-7-8-14-26(25)21-27)34-30(32)20-16-24-11-5-2-6-12-24/h1-21,28H,22H2/b19-15?,20-16+/t28-/m1/s1. The molecule has 0 saturated heterocycles. The number of ether oxygens (including phenoxy) is 2. The number of hydrogen-bond acceptors (Lipinski definition) is 4. The van der Waals surface area contributed by atoms with Gasteiger partial charge in [-0.25, -0.2) is 9.59 Å². The SMILES string of the molecule is O=C(C=Cc1ccccc1)OC[C@@H](OC(=O)/C=C/c1ccccc1)c1ccc2ccccc2c1. The zero-order valence-electron chi connectivity index (χ0n) is 18.5. The number of hydrogen-bond donors (Lipinski definition) is 0. The molecule has 0 fully saturated rings. The van der Waals surface area contributed by atoms with Gasteiger partial charge in [0.2, 0.25) is 0 Å². The van der Waals surface area contributed by atoms with Crippen molar-refractivity contribution in [2.24, 2.45) is 0 Å². The molecule has 0 N–H and O–H groups in total. The van der Waals surface area contributed by atoms with Crippen molar-refractivity contribution in [3.05, 3.63) is 132 Å². The van der Waals surface area contributed by atoms with Crippen LogP contribution in [0.15, 0.2) is 115 Å². The molecule has 4 rings (SSSR count). The number of fused-ring (bicyclic) bond motifs is 1. The minimum Gasteiger partial charge on any atom is -0.458 e. The topological polar surface area (TPSA) is 52.6 Å². The summed E-state index contributed by atoms with van der Waals surface area (Å²) < 4.78 is 11.1. The van der Waals surface area contributed by atoms with Gasteiger partial charge in [0.1, 0.15) is 6.61 Å². The molecule has 0 aliphatic rings. The summed E-state index contributed by atoms with van der Waals surface area (Å²) in [5.41, 5.74) is 2.53. The van der Waals surface area contributed by atoms with Gasteiger partial charge in [0, 0.05) is 12.2 Å². The Morgan fingerprint density at radius 2 is 1.21 bits per heavy atom. The molecule has 4 aromatic carbocycles. The average molecular weight is 449 g/mol. The maximum atomic E-state index is 12.6. The molecule has 34 heavy (non-hydrogen) atoms. The number of rotatable bonds is 8. The van der Waals surface area contributed by atoms with E-state index >= 15 is 0 Å². The largest absolute Gasteiger partial charge is 0.458 e. The number of carbonyl (C=O) groups is 2. The summed E-state index contributed by atoms with van der Waals surface area (Å²) in [5.74, 6) is -1.02. The molecule has 0 saturated carbocycles. The van der Waals surface area contributed by atoms with Crippen molar-refractivity contribution >= 4 is 34.9 Å². The van der Waals surface area contributed by atoms with Crippen LogP contribution in [0.2, 0.25) is 0 Å². The van der Waals surface area contributed by atoms with Crippen molar-refractivity contribution in [3.63, 3.8) is 0 Å². The summed E-state index contributed by atoms with van der Waals surface area (Å²) in [6, 6.07) is 32.7. The van der Waals surface area contributed by atoms with E-state index in [1.165, 1.54) is 12.2 Å². The Balaban J connectivity index is 1.48. The third-order valence-electron chi connectivity index (χ3n) is 5.20. The van der Waals surface area contributed by atoms with Crippen LogP contribution in [0.3, 0.4) is 0 Å². The maximum absolute atomic E-state index is 12.6. The molecule has 0 radical (unpaired) electrons. The number of carbonyl (C=O) groups excluding carboxylic acids is 2. The van der Waals surface area contributed by atoms with E-state index in [1.807, 2.05) is 103 Å². The van der Waals surface area contributed by atoms with Gasteiger partial charge in [-0.15, -0.1) is 0 Å². The van der Waals surface area contributed by atoms with Crippen molar-refractivity contribution in [2.75, 3.05) is 6.61 Å². The Hall–Kier alpha value is -4.44. The zero-order valence-corrected chi connectivity index (χ0v) is 18.5. The van der Waals surface area contributed by atoms with Gasteiger partial charge in [0.05, 0.1) is 0 Å². The Bertz CT molecular complexity index is 1310. The molecular weight excluding hydrogens is 424 g/mol. The smallest absolute Gasteiger partial charge is 0.331 e. The lowest BCUT2D eigenvalue weighted by molar-refractivity contribution is -0.153. The fourth-order valence-electron chi connectivity index (χ4n) is 3.45. The van der Waals surface area contributed by atoms with E-state index in [0.717, 1.165) is 27.5 Å². The van der Waals surface area contributed by atoms with E-state index in [9.17, 15) is 9.59 Å². The first-order valence-corrected chi connectivity index (χ1v) is 11.0. The first-order chi connectivity index (χ1) is 16.7. The van der Waals surface area contributed by atoms with Gasteiger partial charge in [-0.2, -0.15) is 0 Å². The first kappa shape index (κ1) is 22.7. The van der Waals surface area contributed by atoms with E-state index in [4.69, 9.17) is 9.47 Å². The predicted molar refractivity (Wildman–Crippen MR) is 135 cm³/mol. The molecule has 0 spiro atoms. The van der Waals surface area contributed by atoms with Crippen LogP contribution in [-0.2, 0) is 19.1 Å². The second-order valence-electron chi connectivity index (χ2n) is 7.65. The summed E-state index contributed by atoms with van der Waals surface area (Å²) in [7, 11) is 0. The summed E-state index contributed by atoms with van der Waals surface area (Å²) in [5, 5.41) is 2.08. The zero-order chi connectivity index (χ0) is 23.6. The minimum atomic E-state index is -0.744. The lowest BCUT2D eigenvalue weighted by Crippen LogP contribution is -2.17. The van der Waals surface area contributed by atoms with Crippen LogP contribution in [0, 0.1) is 0 Å². The van der Waals surface area contributed by atoms with Crippen LogP contribution in [0.25, 0.3) is 22.9 Å². The van der Waals surface area contributed by atoms with E-state index < -0.39 is 18.0 Å². The van der Waals surface area contributed by atoms with Crippen LogP contribution in [-0.4, -0.2) is 18.5 Å². The molecule has 0 aliphatic carbocycles. The number of esters is 2. The normalized spacial score (nSPS) is 12.1.